The summed E-state index contributed by atoms with van der Waals surface area (Å²) in [6, 6.07) is 0. The molecule has 0 bridgehead atoms. The minimum atomic E-state index is 0.801. The highest BCUT2D eigenvalue weighted by Crippen LogP contribution is 2.73. The second-order valence-electron chi connectivity index (χ2n) is 1.94. The molecule has 0 radical (unpaired) electrons. The Labute approximate surface area is 83.1 Å². The van der Waals surface area contributed by atoms with Crippen LogP contribution in [0.25, 0.3) is 0 Å². The van der Waals surface area contributed by atoms with Crippen LogP contribution in [0.1, 0.15) is 0 Å². The van der Waals surface area contributed by atoms with Gasteiger partial charge in [-0.15, -0.1) is 0 Å². The van der Waals surface area contributed by atoms with Gasteiger partial charge in [0, 0.05) is 9.81 Å². The minimum absolute atomic E-state index is 0.801. The third kappa shape index (κ3) is 0.925. The van der Waals surface area contributed by atoms with Crippen LogP contribution in [0.3, 0.4) is 0 Å². The van der Waals surface area contributed by atoms with Gasteiger partial charge in [0.15, 0.2) is 0 Å². The van der Waals surface area contributed by atoms with E-state index in [1.165, 1.54) is 0 Å². The summed E-state index contributed by atoms with van der Waals surface area (Å²) in [7, 11) is 12.1. The van der Waals surface area contributed by atoms with Gasteiger partial charge < -0.3 is 0 Å². The van der Waals surface area contributed by atoms with Crippen molar-refractivity contribution < 1.29 is 0 Å². The van der Waals surface area contributed by atoms with Crippen LogP contribution in [0, 0.1) is 0 Å². The monoisotopic (exact) mass is 242 g/mol. The van der Waals surface area contributed by atoms with Crippen molar-refractivity contribution in [3.63, 3.8) is 0 Å². The third-order valence-corrected chi connectivity index (χ3v) is 12.2. The van der Waals surface area contributed by atoms with Gasteiger partial charge >= 0.3 is 0 Å². The summed E-state index contributed by atoms with van der Waals surface area (Å²) in [5.41, 5.74) is 0. The molecule has 2 atom stereocenters. The molecule has 0 nitrogen and oxygen atoms in total. The van der Waals surface area contributed by atoms with Gasteiger partial charge in [-0.05, 0) is 0 Å². The molecule has 6 heteroatoms. The summed E-state index contributed by atoms with van der Waals surface area (Å²) in [5, 5.41) is 0. The van der Waals surface area contributed by atoms with Crippen molar-refractivity contribution in [3.05, 3.63) is 9.81 Å². The van der Waals surface area contributed by atoms with Crippen molar-refractivity contribution in [2.45, 2.75) is 9.16 Å². The van der Waals surface area contributed by atoms with Crippen molar-refractivity contribution in [2.24, 2.45) is 0 Å². The summed E-state index contributed by atoms with van der Waals surface area (Å²) in [4.78, 5) is 3.34. The molecule has 2 unspecified atom stereocenters. The molecule has 3 aliphatic rings. The van der Waals surface area contributed by atoms with Crippen LogP contribution in [-0.4, -0.2) is 9.16 Å². The van der Waals surface area contributed by atoms with Gasteiger partial charge in [-0.3, -0.25) is 0 Å². The maximum Gasteiger partial charge on any atom is 0.104 e. The zero-order chi connectivity index (χ0) is 6.55. The molecule has 0 aromatic rings. The molecule has 10 heavy (non-hydrogen) atoms. The van der Waals surface area contributed by atoms with Crippen molar-refractivity contribution in [2.75, 3.05) is 0 Å². The van der Waals surface area contributed by atoms with E-state index >= 15 is 0 Å². The largest absolute Gasteiger partial charge is 0.104 e. The molecule has 2 fully saturated rings. The van der Waals surface area contributed by atoms with Crippen LogP contribution in [-0.2, 0) is 0 Å². The van der Waals surface area contributed by atoms with Gasteiger partial charge in [-0.1, -0.05) is 64.8 Å². The highest BCUT2D eigenvalue weighted by molar-refractivity contribution is 8.94. The number of rotatable bonds is 0. The predicted molar refractivity (Wildman–Crippen MR) is 60.1 cm³/mol. The van der Waals surface area contributed by atoms with Crippen molar-refractivity contribution in [1.29, 1.82) is 0 Å². The molecule has 0 spiro atoms. The zero-order valence-corrected chi connectivity index (χ0v) is 9.50. The third-order valence-electron chi connectivity index (χ3n) is 1.35. The van der Waals surface area contributed by atoms with Crippen molar-refractivity contribution in [1.82, 2.24) is 0 Å². The Hall–Kier alpha value is 1.84. The molecule has 3 heterocycles. The highest BCUT2D eigenvalue weighted by atomic mass is 33.2. The van der Waals surface area contributed by atoms with Gasteiger partial charge in [0.25, 0.3) is 0 Å². The lowest BCUT2D eigenvalue weighted by Crippen LogP contribution is -2.19. The number of hydrogen-bond donors (Lipinski definition) is 0. The van der Waals surface area contributed by atoms with E-state index < -0.39 is 0 Å². The van der Waals surface area contributed by atoms with E-state index in [-0.39, 0.29) is 0 Å². The second-order valence-corrected chi connectivity index (χ2v) is 9.72. The first-order valence-electron chi connectivity index (χ1n) is 2.68. The number of hydrogen-bond acceptors (Lipinski definition) is 6. The Balaban J connectivity index is 1.99. The Morgan fingerprint density at radius 2 is 1.20 bits per heavy atom. The summed E-state index contributed by atoms with van der Waals surface area (Å²) in [5.74, 6) is 0. The van der Waals surface area contributed by atoms with Crippen LogP contribution < -0.4 is 0 Å². The summed E-state index contributed by atoms with van der Waals surface area (Å²) in [6.45, 7) is 0. The highest BCUT2D eigenvalue weighted by Gasteiger charge is 2.43. The molecule has 0 aromatic carbocycles. The van der Waals surface area contributed by atoms with Crippen LogP contribution in [0.4, 0.5) is 0 Å². The maximum absolute atomic E-state index is 2.04. The Bertz CT molecular complexity index is 188. The van der Waals surface area contributed by atoms with Crippen molar-refractivity contribution >= 4 is 64.8 Å². The molecule has 0 saturated carbocycles. The topological polar surface area (TPSA) is 0 Å². The first-order chi connectivity index (χ1) is 4.95. The molecule has 54 valence electrons. The summed E-state index contributed by atoms with van der Waals surface area (Å²) < 4.78 is 1.60. The average molecular weight is 242 g/mol. The standard InChI is InChI=1S/C4H2S6/c5-1-2-4(8-6-2)10-9-3(1)7-5/h3-4H. The molecule has 0 N–H and O–H groups in total. The van der Waals surface area contributed by atoms with Crippen LogP contribution in [0.2, 0.25) is 0 Å². The summed E-state index contributed by atoms with van der Waals surface area (Å²) >= 11 is 0. The normalized spacial score (nSPS) is 43.2. The second kappa shape index (κ2) is 2.67. The fourth-order valence-corrected chi connectivity index (χ4v) is 12.3. The molecule has 3 rings (SSSR count). The Kier molecular flexibility index (Phi) is 1.94. The lowest BCUT2D eigenvalue weighted by Gasteiger charge is -2.40. The molecule has 2 saturated heterocycles. The smallest absolute Gasteiger partial charge is 0.0717 e. The molecule has 0 aromatic heterocycles. The Morgan fingerprint density at radius 1 is 0.700 bits per heavy atom. The van der Waals surface area contributed by atoms with E-state index in [9.17, 15) is 0 Å². The van der Waals surface area contributed by atoms with Crippen LogP contribution in [0.15, 0.2) is 9.81 Å². The first-order valence-corrected chi connectivity index (χ1v) is 9.38. The first kappa shape index (κ1) is 7.26. The lowest BCUT2D eigenvalue weighted by atomic mass is 10.5. The van der Waals surface area contributed by atoms with Crippen LogP contribution in [0.5, 0.6) is 0 Å². The SMILES string of the molecule is S1SC2SSC3SSC3=C12. The van der Waals surface area contributed by atoms with E-state index in [4.69, 9.17) is 0 Å². The molecule has 0 amide bonds. The van der Waals surface area contributed by atoms with Gasteiger partial charge in [0.2, 0.25) is 0 Å². The van der Waals surface area contributed by atoms with E-state index in [0.717, 1.165) is 9.16 Å². The van der Waals surface area contributed by atoms with E-state index in [2.05, 4.69) is 0 Å². The average Bonchev–Trinajstić information content (AvgIpc) is 1.84. The van der Waals surface area contributed by atoms with E-state index in [1.807, 2.05) is 64.8 Å². The lowest BCUT2D eigenvalue weighted by molar-refractivity contribution is 1.47. The van der Waals surface area contributed by atoms with Crippen molar-refractivity contribution in [3.8, 4) is 0 Å². The maximum atomic E-state index is 2.04. The predicted octanol–water partition coefficient (Wildman–Crippen LogP) is 4.04. The zero-order valence-electron chi connectivity index (χ0n) is 4.60. The van der Waals surface area contributed by atoms with Crippen LogP contribution >= 0.6 is 64.8 Å². The van der Waals surface area contributed by atoms with Gasteiger partial charge in [-0.25, -0.2) is 0 Å². The quantitative estimate of drug-likeness (QED) is 0.584. The molecule has 3 aliphatic heterocycles. The molecular weight excluding hydrogens is 240 g/mol. The Morgan fingerprint density at radius 3 is 1.50 bits per heavy atom. The van der Waals surface area contributed by atoms with Gasteiger partial charge in [0.05, 0.1) is 0 Å². The minimum Gasteiger partial charge on any atom is -0.0717 e. The van der Waals surface area contributed by atoms with Gasteiger partial charge in [0.1, 0.15) is 9.16 Å². The fraction of sp³-hybridized carbons (Fsp3) is 0.500. The van der Waals surface area contributed by atoms with E-state index in [0.29, 0.717) is 0 Å². The number of fused-ring (bicyclic) bond motifs is 2. The van der Waals surface area contributed by atoms with E-state index in [1.54, 1.807) is 9.81 Å². The molecule has 0 aliphatic carbocycles. The fourth-order valence-electron chi connectivity index (χ4n) is 0.806. The van der Waals surface area contributed by atoms with Gasteiger partial charge in [-0.2, -0.15) is 0 Å². The summed E-state index contributed by atoms with van der Waals surface area (Å²) in [6.07, 6.45) is 0. The molecular formula is C4H2S6.